The van der Waals surface area contributed by atoms with Crippen molar-refractivity contribution in [1.82, 2.24) is 4.90 Å². The first-order valence-corrected chi connectivity index (χ1v) is 5.60. The number of hydrogen-bond donors (Lipinski definition) is 1. The zero-order valence-corrected chi connectivity index (χ0v) is 9.66. The lowest BCUT2D eigenvalue weighted by Crippen LogP contribution is -2.41. The number of nitrogens with zero attached hydrogens (tertiary/aromatic N) is 1. The van der Waals surface area contributed by atoms with Crippen molar-refractivity contribution in [3.05, 3.63) is 12.2 Å². The molecule has 1 saturated heterocycles. The van der Waals surface area contributed by atoms with E-state index in [2.05, 4.69) is 24.0 Å². The van der Waals surface area contributed by atoms with Gasteiger partial charge in [-0.15, -0.1) is 0 Å². The molecule has 0 aromatic heterocycles. The third kappa shape index (κ3) is 3.43. The maximum Gasteiger partial charge on any atom is 0.0620 e. The minimum atomic E-state index is -0.493. The predicted octanol–water partition coefficient (Wildman–Crippen LogP) is 2.05. The van der Waals surface area contributed by atoms with Crippen LogP contribution in [0.3, 0.4) is 0 Å². The molecule has 14 heavy (non-hydrogen) atoms. The molecule has 0 aromatic carbocycles. The number of piperidine rings is 1. The van der Waals surface area contributed by atoms with Crippen LogP contribution in [0.2, 0.25) is 0 Å². The normalized spacial score (nSPS) is 22.0. The van der Waals surface area contributed by atoms with Gasteiger partial charge in [0.15, 0.2) is 0 Å². The third-order valence-electron chi connectivity index (χ3n) is 3.19. The Labute approximate surface area is 87.6 Å². The Balaban J connectivity index is 2.31. The second-order valence-electron chi connectivity index (χ2n) is 4.80. The first-order chi connectivity index (χ1) is 6.54. The molecule has 1 rings (SSSR count). The van der Waals surface area contributed by atoms with Crippen LogP contribution in [0.1, 0.15) is 33.6 Å². The van der Waals surface area contributed by atoms with Gasteiger partial charge in [0, 0.05) is 6.54 Å². The summed E-state index contributed by atoms with van der Waals surface area (Å²) in [5.41, 5.74) is -0.493. The quantitative estimate of drug-likeness (QED) is 0.700. The molecule has 0 bridgehead atoms. The molecule has 82 valence electrons. The van der Waals surface area contributed by atoms with E-state index in [-0.39, 0.29) is 0 Å². The van der Waals surface area contributed by atoms with Crippen LogP contribution in [0.4, 0.5) is 0 Å². The molecule has 0 saturated carbocycles. The van der Waals surface area contributed by atoms with E-state index in [0.29, 0.717) is 5.92 Å². The SMILES string of the molecule is CC=CCN1CCC(C(C)(C)O)CC1. The molecule has 1 fully saturated rings. The summed E-state index contributed by atoms with van der Waals surface area (Å²) >= 11 is 0. The summed E-state index contributed by atoms with van der Waals surface area (Å²) in [5, 5.41) is 9.87. The molecule has 0 unspecified atom stereocenters. The van der Waals surface area contributed by atoms with E-state index in [4.69, 9.17) is 0 Å². The van der Waals surface area contributed by atoms with Crippen LogP contribution in [0.5, 0.6) is 0 Å². The molecule has 1 aliphatic heterocycles. The zero-order valence-electron chi connectivity index (χ0n) is 9.66. The standard InChI is InChI=1S/C12H23NO/c1-4-5-8-13-9-6-11(7-10-13)12(2,3)14/h4-5,11,14H,6-10H2,1-3H3. The second kappa shape index (κ2) is 4.94. The molecule has 1 heterocycles. The fourth-order valence-electron chi connectivity index (χ4n) is 2.08. The highest BCUT2D eigenvalue weighted by Gasteiger charge is 2.29. The largest absolute Gasteiger partial charge is 0.390 e. The summed E-state index contributed by atoms with van der Waals surface area (Å²) in [6.45, 7) is 9.23. The molecule has 1 aliphatic rings. The molecule has 0 aliphatic carbocycles. The molecular weight excluding hydrogens is 174 g/mol. The van der Waals surface area contributed by atoms with Gasteiger partial charge in [0.05, 0.1) is 5.60 Å². The average molecular weight is 197 g/mol. The fourth-order valence-corrected chi connectivity index (χ4v) is 2.08. The summed E-state index contributed by atoms with van der Waals surface area (Å²) in [6, 6.07) is 0. The molecular formula is C12H23NO. The van der Waals surface area contributed by atoms with Crippen molar-refractivity contribution in [2.45, 2.75) is 39.2 Å². The number of hydrogen-bond acceptors (Lipinski definition) is 2. The van der Waals surface area contributed by atoms with E-state index in [1.165, 1.54) is 0 Å². The number of aliphatic hydroxyl groups is 1. The predicted molar refractivity (Wildman–Crippen MR) is 60.3 cm³/mol. The Morgan fingerprint density at radius 3 is 2.36 bits per heavy atom. The van der Waals surface area contributed by atoms with Crippen molar-refractivity contribution < 1.29 is 5.11 Å². The highest BCUT2D eigenvalue weighted by atomic mass is 16.3. The first kappa shape index (κ1) is 11.7. The smallest absolute Gasteiger partial charge is 0.0620 e. The van der Waals surface area contributed by atoms with Crippen LogP contribution in [0, 0.1) is 5.92 Å². The van der Waals surface area contributed by atoms with E-state index in [1.807, 2.05) is 13.8 Å². The first-order valence-electron chi connectivity index (χ1n) is 5.60. The highest BCUT2D eigenvalue weighted by Crippen LogP contribution is 2.27. The molecule has 2 nitrogen and oxygen atoms in total. The summed E-state index contributed by atoms with van der Waals surface area (Å²) in [6.07, 6.45) is 6.55. The lowest BCUT2D eigenvalue weighted by atomic mass is 9.83. The van der Waals surface area contributed by atoms with Gasteiger partial charge in [-0.3, -0.25) is 4.90 Å². The minimum Gasteiger partial charge on any atom is -0.390 e. The molecule has 0 spiro atoms. The van der Waals surface area contributed by atoms with Gasteiger partial charge in [0.25, 0.3) is 0 Å². The van der Waals surface area contributed by atoms with E-state index >= 15 is 0 Å². The van der Waals surface area contributed by atoms with Crippen LogP contribution in [0.25, 0.3) is 0 Å². The Hall–Kier alpha value is -0.340. The topological polar surface area (TPSA) is 23.5 Å². The van der Waals surface area contributed by atoms with Crippen molar-refractivity contribution in [3.63, 3.8) is 0 Å². The molecule has 0 aromatic rings. The van der Waals surface area contributed by atoms with E-state index in [1.54, 1.807) is 0 Å². The zero-order chi connectivity index (χ0) is 10.6. The minimum absolute atomic E-state index is 0.476. The van der Waals surface area contributed by atoms with Gasteiger partial charge in [-0.05, 0) is 52.6 Å². The second-order valence-corrected chi connectivity index (χ2v) is 4.80. The van der Waals surface area contributed by atoms with E-state index < -0.39 is 5.60 Å². The van der Waals surface area contributed by atoms with Crippen LogP contribution >= 0.6 is 0 Å². The number of allylic oxidation sites excluding steroid dienone is 1. The third-order valence-corrected chi connectivity index (χ3v) is 3.19. The average Bonchev–Trinajstić information content (AvgIpc) is 2.14. The van der Waals surface area contributed by atoms with Gasteiger partial charge in [0.2, 0.25) is 0 Å². The summed E-state index contributed by atoms with van der Waals surface area (Å²) < 4.78 is 0. The highest BCUT2D eigenvalue weighted by molar-refractivity contribution is 4.87. The summed E-state index contributed by atoms with van der Waals surface area (Å²) in [4.78, 5) is 2.45. The molecule has 0 amide bonds. The van der Waals surface area contributed by atoms with Gasteiger partial charge in [-0.1, -0.05) is 12.2 Å². The molecule has 0 atom stereocenters. The van der Waals surface area contributed by atoms with E-state index in [0.717, 1.165) is 32.5 Å². The van der Waals surface area contributed by atoms with Crippen molar-refractivity contribution in [1.29, 1.82) is 0 Å². The monoisotopic (exact) mass is 197 g/mol. The molecule has 0 radical (unpaired) electrons. The Bertz CT molecular complexity index is 185. The van der Waals surface area contributed by atoms with Crippen LogP contribution in [-0.2, 0) is 0 Å². The maximum absolute atomic E-state index is 9.87. The van der Waals surface area contributed by atoms with Crippen molar-refractivity contribution >= 4 is 0 Å². The Morgan fingerprint density at radius 2 is 1.93 bits per heavy atom. The molecule has 1 N–H and O–H groups in total. The lowest BCUT2D eigenvalue weighted by molar-refractivity contribution is -0.0110. The molecule has 2 heteroatoms. The number of likely N-dealkylation sites (tertiary alicyclic amines) is 1. The Morgan fingerprint density at radius 1 is 1.36 bits per heavy atom. The van der Waals surface area contributed by atoms with Crippen LogP contribution in [-0.4, -0.2) is 35.2 Å². The summed E-state index contributed by atoms with van der Waals surface area (Å²) in [7, 11) is 0. The van der Waals surface area contributed by atoms with Crippen LogP contribution in [0.15, 0.2) is 12.2 Å². The van der Waals surface area contributed by atoms with Gasteiger partial charge in [-0.25, -0.2) is 0 Å². The number of rotatable bonds is 3. The maximum atomic E-state index is 9.87. The van der Waals surface area contributed by atoms with Crippen LogP contribution < -0.4 is 0 Å². The van der Waals surface area contributed by atoms with Crippen molar-refractivity contribution in [2.24, 2.45) is 5.92 Å². The van der Waals surface area contributed by atoms with Gasteiger partial charge < -0.3 is 5.11 Å². The van der Waals surface area contributed by atoms with E-state index in [9.17, 15) is 5.11 Å². The Kier molecular flexibility index (Phi) is 4.14. The van der Waals surface area contributed by atoms with Gasteiger partial charge in [0.1, 0.15) is 0 Å². The fraction of sp³-hybridized carbons (Fsp3) is 0.833. The van der Waals surface area contributed by atoms with Gasteiger partial charge >= 0.3 is 0 Å². The summed E-state index contributed by atoms with van der Waals surface area (Å²) in [5.74, 6) is 0.476. The lowest BCUT2D eigenvalue weighted by Gasteiger charge is -2.37. The van der Waals surface area contributed by atoms with Gasteiger partial charge in [-0.2, -0.15) is 0 Å². The van der Waals surface area contributed by atoms with Crippen molar-refractivity contribution in [2.75, 3.05) is 19.6 Å². The van der Waals surface area contributed by atoms with Crippen molar-refractivity contribution in [3.8, 4) is 0 Å².